The fraction of sp³-hybridized carbons (Fsp3) is 0. The van der Waals surface area contributed by atoms with Crippen LogP contribution in [-0.4, -0.2) is 15.0 Å². The maximum absolute atomic E-state index is 10.7. The van der Waals surface area contributed by atoms with Crippen LogP contribution in [0, 0.1) is 10.1 Å². The molecule has 0 saturated carbocycles. The number of pyridine rings is 1. The van der Waals surface area contributed by atoms with Crippen LogP contribution in [0.1, 0.15) is 0 Å². The molecular weight excluding hydrogens is 216 g/mol. The van der Waals surface area contributed by atoms with Crippen molar-refractivity contribution in [2.24, 2.45) is 0 Å². The molecule has 2 rings (SSSR count). The van der Waals surface area contributed by atoms with Gasteiger partial charge in [0.2, 0.25) is 0 Å². The largest absolute Gasteiger partial charge is 0.506 e. The Morgan fingerprint density at radius 2 is 2.20 bits per heavy atom. The van der Waals surface area contributed by atoms with Gasteiger partial charge in [-0.2, -0.15) is 0 Å². The highest BCUT2D eigenvalue weighted by Gasteiger charge is 2.15. The third kappa shape index (κ3) is 1.59. The van der Waals surface area contributed by atoms with Crippen LogP contribution in [0.2, 0.25) is 0 Å². The number of aromatic nitrogens is 1. The van der Waals surface area contributed by atoms with Crippen molar-refractivity contribution in [1.29, 1.82) is 0 Å². The molecule has 1 N–H and O–H groups in total. The van der Waals surface area contributed by atoms with E-state index >= 15 is 0 Å². The van der Waals surface area contributed by atoms with Gasteiger partial charge >= 0.3 is 0 Å². The van der Waals surface area contributed by atoms with Gasteiger partial charge in [0.1, 0.15) is 16.3 Å². The maximum Gasteiger partial charge on any atom is 0.281 e. The fourth-order valence-electron chi connectivity index (χ4n) is 1.35. The molecule has 0 radical (unpaired) electrons. The molecule has 0 spiro atoms. The Labute approximate surface area is 89.9 Å². The second kappa shape index (κ2) is 3.39. The van der Waals surface area contributed by atoms with E-state index < -0.39 is 4.92 Å². The normalized spacial score (nSPS) is 10.5. The van der Waals surface area contributed by atoms with Gasteiger partial charge in [-0.25, -0.2) is 4.98 Å². The molecule has 5 nitrogen and oxygen atoms in total. The molecule has 76 valence electrons. The summed E-state index contributed by atoms with van der Waals surface area (Å²) in [6.07, 6.45) is 0. The van der Waals surface area contributed by atoms with Crippen molar-refractivity contribution in [2.75, 3.05) is 0 Å². The van der Waals surface area contributed by atoms with Crippen molar-refractivity contribution in [1.82, 2.24) is 4.98 Å². The van der Waals surface area contributed by atoms with E-state index in [9.17, 15) is 15.2 Å². The van der Waals surface area contributed by atoms with E-state index in [1.54, 1.807) is 0 Å². The third-order valence-corrected chi connectivity index (χ3v) is 2.21. The molecule has 0 fully saturated rings. The zero-order chi connectivity index (χ0) is 11.0. The van der Waals surface area contributed by atoms with Crippen molar-refractivity contribution in [3.05, 3.63) is 34.4 Å². The minimum Gasteiger partial charge on any atom is -0.506 e. The van der Waals surface area contributed by atoms with Gasteiger partial charge in [0.05, 0.1) is 10.3 Å². The predicted molar refractivity (Wildman–Crippen MR) is 57.3 cm³/mol. The van der Waals surface area contributed by atoms with Crippen LogP contribution < -0.4 is 0 Å². The summed E-state index contributed by atoms with van der Waals surface area (Å²) in [6, 6.07) is 5.75. The topological polar surface area (TPSA) is 76.3 Å². The number of para-hydroxylation sites is 1. The van der Waals surface area contributed by atoms with Crippen molar-refractivity contribution in [3.8, 4) is 5.75 Å². The minimum atomic E-state index is -0.525. The Morgan fingerprint density at radius 1 is 1.47 bits per heavy atom. The number of thiol groups is 1. The van der Waals surface area contributed by atoms with Gasteiger partial charge in [-0.3, -0.25) is 10.1 Å². The number of rotatable bonds is 1. The first-order chi connectivity index (χ1) is 7.09. The molecule has 1 aromatic carbocycles. The zero-order valence-electron chi connectivity index (χ0n) is 7.41. The third-order valence-electron chi connectivity index (χ3n) is 1.98. The van der Waals surface area contributed by atoms with Crippen LogP contribution in [0.3, 0.4) is 0 Å². The Balaban J connectivity index is 2.92. The van der Waals surface area contributed by atoms with Crippen molar-refractivity contribution in [2.45, 2.75) is 5.03 Å². The summed E-state index contributed by atoms with van der Waals surface area (Å²) < 4.78 is 0. The SMILES string of the molecule is O=[N+]([O-])c1cc(S)nc2c(O)cccc12. The van der Waals surface area contributed by atoms with E-state index in [-0.39, 0.29) is 22.0 Å². The average molecular weight is 222 g/mol. The van der Waals surface area contributed by atoms with E-state index in [1.165, 1.54) is 24.3 Å². The summed E-state index contributed by atoms with van der Waals surface area (Å²) in [6.45, 7) is 0. The van der Waals surface area contributed by atoms with Gasteiger partial charge in [0.15, 0.2) is 0 Å². The second-order valence-electron chi connectivity index (χ2n) is 2.93. The van der Waals surface area contributed by atoms with E-state index in [0.717, 1.165) is 0 Å². The molecule has 0 amide bonds. The predicted octanol–water partition coefficient (Wildman–Crippen LogP) is 2.14. The summed E-state index contributed by atoms with van der Waals surface area (Å²) in [5.74, 6) is -0.0912. The molecule has 0 aliphatic heterocycles. The number of nitro groups is 1. The number of hydrogen-bond donors (Lipinski definition) is 2. The molecule has 15 heavy (non-hydrogen) atoms. The highest BCUT2D eigenvalue weighted by molar-refractivity contribution is 7.80. The Kier molecular flexibility index (Phi) is 2.20. The van der Waals surface area contributed by atoms with Crippen molar-refractivity contribution in [3.63, 3.8) is 0 Å². The first-order valence-electron chi connectivity index (χ1n) is 4.05. The molecule has 1 heterocycles. The average Bonchev–Trinajstić information content (AvgIpc) is 2.18. The summed E-state index contributed by atoms with van der Waals surface area (Å²) in [5, 5.41) is 20.7. The Hall–Kier alpha value is -1.82. The number of fused-ring (bicyclic) bond motifs is 1. The Bertz CT molecular complexity index is 556. The molecule has 1 aromatic heterocycles. The number of phenolic OH excluding ortho intramolecular Hbond substituents is 1. The van der Waals surface area contributed by atoms with Crippen LogP contribution in [0.25, 0.3) is 10.9 Å². The van der Waals surface area contributed by atoms with E-state index in [4.69, 9.17) is 0 Å². The van der Waals surface area contributed by atoms with Crippen molar-refractivity contribution < 1.29 is 10.0 Å². The molecule has 0 atom stereocenters. The van der Waals surface area contributed by atoms with E-state index in [1.807, 2.05) is 0 Å². The first-order valence-corrected chi connectivity index (χ1v) is 4.50. The molecule has 6 heteroatoms. The quantitative estimate of drug-likeness (QED) is 0.440. The van der Waals surface area contributed by atoms with Crippen LogP contribution in [-0.2, 0) is 0 Å². The van der Waals surface area contributed by atoms with Gasteiger partial charge in [-0.15, -0.1) is 12.6 Å². The highest BCUT2D eigenvalue weighted by Crippen LogP contribution is 2.31. The lowest BCUT2D eigenvalue weighted by atomic mass is 10.2. The number of phenols is 1. The lowest BCUT2D eigenvalue weighted by Gasteiger charge is -2.01. The smallest absolute Gasteiger partial charge is 0.281 e. The lowest BCUT2D eigenvalue weighted by molar-refractivity contribution is -0.383. The molecule has 0 saturated heterocycles. The molecule has 0 aliphatic rings. The highest BCUT2D eigenvalue weighted by atomic mass is 32.1. The van der Waals surface area contributed by atoms with E-state index in [2.05, 4.69) is 17.6 Å². The van der Waals surface area contributed by atoms with Gasteiger partial charge in [-0.05, 0) is 12.1 Å². The second-order valence-corrected chi connectivity index (χ2v) is 3.39. The van der Waals surface area contributed by atoms with E-state index in [0.29, 0.717) is 5.39 Å². The zero-order valence-corrected chi connectivity index (χ0v) is 8.31. The molecule has 0 bridgehead atoms. The van der Waals surface area contributed by atoms with Crippen molar-refractivity contribution >= 4 is 29.2 Å². The first kappa shape index (κ1) is 9.72. The number of hydrogen-bond acceptors (Lipinski definition) is 5. The number of aromatic hydroxyl groups is 1. The summed E-state index contributed by atoms with van der Waals surface area (Å²) >= 11 is 3.95. The fourth-order valence-corrected chi connectivity index (χ4v) is 1.58. The van der Waals surface area contributed by atoms with Crippen LogP contribution in [0.4, 0.5) is 5.69 Å². The maximum atomic E-state index is 10.7. The molecule has 2 aromatic rings. The summed E-state index contributed by atoms with van der Waals surface area (Å²) in [4.78, 5) is 14.1. The minimum absolute atomic E-state index is 0.0912. The summed E-state index contributed by atoms with van der Waals surface area (Å²) in [5.41, 5.74) is 0.0811. The van der Waals surface area contributed by atoms with Gasteiger partial charge in [0, 0.05) is 6.07 Å². The Morgan fingerprint density at radius 3 is 2.87 bits per heavy atom. The standard InChI is InChI=1S/C9H6N2O3S/c12-7-3-1-2-5-6(11(13)14)4-8(15)10-9(5)7/h1-4,12H,(H,10,15). The van der Waals surface area contributed by atoms with Gasteiger partial charge < -0.3 is 5.11 Å². The lowest BCUT2D eigenvalue weighted by Crippen LogP contribution is -1.92. The number of nitrogens with zero attached hydrogens (tertiary/aromatic N) is 2. The van der Waals surface area contributed by atoms with Gasteiger partial charge in [0.25, 0.3) is 5.69 Å². The van der Waals surface area contributed by atoms with Gasteiger partial charge in [-0.1, -0.05) is 6.07 Å². The monoisotopic (exact) mass is 222 g/mol. The van der Waals surface area contributed by atoms with Crippen LogP contribution >= 0.6 is 12.6 Å². The molecule has 0 unspecified atom stereocenters. The van der Waals surface area contributed by atoms with Crippen LogP contribution in [0.5, 0.6) is 5.75 Å². The number of benzene rings is 1. The molecule has 0 aliphatic carbocycles. The van der Waals surface area contributed by atoms with Crippen LogP contribution in [0.15, 0.2) is 29.3 Å². The molecular formula is C9H6N2O3S. The summed E-state index contributed by atoms with van der Waals surface area (Å²) in [7, 11) is 0.